The number of β-lactam (4-membered cyclic amide) rings is 1. The normalized spacial score (nSPS) is 18.0. The molecule has 3 N–H and O–H groups in total. The Hall–Kier alpha value is -5.73. The van der Waals surface area contributed by atoms with Gasteiger partial charge in [0.2, 0.25) is 11.5 Å². The summed E-state index contributed by atoms with van der Waals surface area (Å²) < 4.78 is 39.0. The molecular weight excluding hydrogens is 781 g/mol. The maximum Gasteiger partial charge on any atom is 0.413 e. The van der Waals surface area contributed by atoms with Crippen molar-refractivity contribution in [1.29, 1.82) is 0 Å². The number of aromatic nitrogens is 4. The Balaban J connectivity index is 1.24. The van der Waals surface area contributed by atoms with E-state index in [0.717, 1.165) is 28.7 Å². The van der Waals surface area contributed by atoms with Crippen LogP contribution in [0.5, 0.6) is 0 Å². The molecular formula is C37H42N8O10S2. The SMILES string of the molecule is CC(C)(C)OC(=O)Nc1nc(/C(=N/OC2(C(=O)OC(c3ccccc3)c3ccccc3)CCCC2)C(=O)N[C@@H]2C(=O)N[C@@H]2Cn2ncc(COS(C)(=O)=O)n2)cs1. The zero-order chi connectivity index (χ0) is 40.8. The molecule has 2 fully saturated rings. The molecule has 18 nitrogen and oxygen atoms in total. The summed E-state index contributed by atoms with van der Waals surface area (Å²) in [7, 11) is -3.71. The number of benzene rings is 2. The monoisotopic (exact) mass is 822 g/mol. The summed E-state index contributed by atoms with van der Waals surface area (Å²) in [6.07, 6.45) is 2.47. The molecule has 0 unspecified atom stereocenters. The summed E-state index contributed by atoms with van der Waals surface area (Å²) in [6, 6.07) is 16.8. The number of ether oxygens (including phenoxy) is 2. The molecule has 2 aromatic heterocycles. The van der Waals surface area contributed by atoms with Gasteiger partial charge in [0.05, 0.1) is 25.0 Å². The zero-order valence-corrected chi connectivity index (χ0v) is 33.2. The fraction of sp³-hybridized carbons (Fsp3) is 0.405. The van der Waals surface area contributed by atoms with Crippen LogP contribution in [0.4, 0.5) is 9.93 Å². The third-order valence-corrected chi connectivity index (χ3v) is 10.1. The molecule has 3 amide bonds. The van der Waals surface area contributed by atoms with E-state index in [1.807, 2.05) is 60.7 Å². The van der Waals surface area contributed by atoms with Gasteiger partial charge >= 0.3 is 12.1 Å². The number of esters is 1. The molecule has 302 valence electrons. The largest absolute Gasteiger partial charge is 0.450 e. The first-order chi connectivity index (χ1) is 27.1. The number of amides is 3. The first-order valence-electron chi connectivity index (χ1n) is 18.0. The number of oxime groups is 1. The number of carbonyl (C=O) groups is 4. The molecule has 57 heavy (non-hydrogen) atoms. The highest BCUT2D eigenvalue weighted by Crippen LogP contribution is 2.38. The fourth-order valence-electron chi connectivity index (χ4n) is 6.05. The van der Waals surface area contributed by atoms with Gasteiger partial charge in [0.15, 0.2) is 16.9 Å². The van der Waals surface area contributed by atoms with E-state index < -0.39 is 63.4 Å². The average Bonchev–Trinajstić information content (AvgIpc) is 3.94. The number of nitrogens with zero attached hydrogens (tertiary/aromatic N) is 5. The van der Waals surface area contributed by atoms with Crippen molar-refractivity contribution in [3.05, 3.63) is 94.8 Å². The van der Waals surface area contributed by atoms with E-state index in [4.69, 9.17) is 18.5 Å². The van der Waals surface area contributed by atoms with Gasteiger partial charge in [0.25, 0.3) is 16.0 Å². The lowest BCUT2D eigenvalue weighted by Gasteiger charge is -2.36. The maximum atomic E-state index is 14.2. The van der Waals surface area contributed by atoms with Crippen molar-refractivity contribution >= 4 is 56.2 Å². The Morgan fingerprint density at radius 1 is 1.05 bits per heavy atom. The smallest absolute Gasteiger partial charge is 0.413 e. The lowest BCUT2D eigenvalue weighted by Crippen LogP contribution is -2.70. The van der Waals surface area contributed by atoms with Gasteiger partial charge in [-0.2, -0.15) is 23.4 Å². The highest BCUT2D eigenvalue weighted by atomic mass is 32.2. The van der Waals surface area contributed by atoms with Gasteiger partial charge in [-0.15, -0.1) is 11.3 Å². The number of anilines is 1. The van der Waals surface area contributed by atoms with Crippen LogP contribution in [0.2, 0.25) is 0 Å². The van der Waals surface area contributed by atoms with Crippen molar-refractivity contribution in [2.45, 2.75) is 89.0 Å². The number of hydrogen-bond acceptors (Lipinski definition) is 15. The fourth-order valence-corrected chi connectivity index (χ4v) is 7.06. The van der Waals surface area contributed by atoms with E-state index in [-0.39, 0.29) is 48.2 Å². The summed E-state index contributed by atoms with van der Waals surface area (Å²) in [5.41, 5.74) is -1.00. The Bertz CT molecular complexity index is 2180. The summed E-state index contributed by atoms with van der Waals surface area (Å²) in [6.45, 7) is 4.80. The average molecular weight is 823 g/mol. The lowest BCUT2D eigenvalue weighted by atomic mass is 9.98. The Morgan fingerprint density at radius 3 is 2.30 bits per heavy atom. The van der Waals surface area contributed by atoms with Crippen molar-refractivity contribution in [3.8, 4) is 0 Å². The van der Waals surface area contributed by atoms with Crippen LogP contribution in [0.25, 0.3) is 0 Å². The Labute approximate surface area is 332 Å². The van der Waals surface area contributed by atoms with Gasteiger partial charge in [0.1, 0.15) is 29.6 Å². The minimum Gasteiger partial charge on any atom is -0.450 e. The van der Waals surface area contributed by atoms with Crippen molar-refractivity contribution in [2.24, 2.45) is 5.16 Å². The second-order valence-corrected chi connectivity index (χ2v) is 16.9. The highest BCUT2D eigenvalue weighted by Gasteiger charge is 2.48. The number of carbonyl (C=O) groups excluding carboxylic acids is 4. The Morgan fingerprint density at radius 2 is 1.70 bits per heavy atom. The van der Waals surface area contributed by atoms with Gasteiger partial charge in [-0.3, -0.25) is 19.1 Å². The maximum absolute atomic E-state index is 14.2. The molecule has 6 rings (SSSR count). The predicted molar refractivity (Wildman–Crippen MR) is 205 cm³/mol. The van der Waals surface area contributed by atoms with Gasteiger partial charge in [0, 0.05) is 18.2 Å². The quantitative estimate of drug-likeness (QED) is 0.0512. The van der Waals surface area contributed by atoms with Crippen LogP contribution in [0, 0.1) is 0 Å². The number of rotatable bonds is 15. The molecule has 0 radical (unpaired) electrons. The van der Waals surface area contributed by atoms with Crippen LogP contribution in [-0.2, 0) is 56.1 Å². The van der Waals surface area contributed by atoms with E-state index in [0.29, 0.717) is 12.8 Å². The molecule has 2 atom stereocenters. The minimum absolute atomic E-state index is 0.0120. The van der Waals surface area contributed by atoms with E-state index in [9.17, 15) is 27.6 Å². The standard InChI is InChI=1S/C37H42N8O10S2/c1-36(2,3)54-35(49)42-34-40-27(22-56-34)29(32(47)41-28-26(39-31(28)46)20-45-38-19-25(43-45)21-52-57(4,50)51)44-55-37(17-11-12-18-37)33(48)53-30(23-13-7-5-8-14-23)24-15-9-6-10-16-24/h5-10,13-16,19,22,26,28,30H,11-12,17-18,20-21H2,1-4H3,(H,39,46)(H,41,47)(H,40,42,49)/b44-29-/t26-,28+/m1/s1. The van der Waals surface area contributed by atoms with Gasteiger partial charge in [-0.25, -0.2) is 14.6 Å². The molecule has 1 aliphatic heterocycles. The van der Waals surface area contributed by atoms with E-state index in [2.05, 4.69) is 36.3 Å². The molecule has 3 heterocycles. The van der Waals surface area contributed by atoms with Crippen LogP contribution in [0.1, 0.15) is 75.1 Å². The summed E-state index contributed by atoms with van der Waals surface area (Å²) >= 11 is 0.988. The van der Waals surface area contributed by atoms with E-state index >= 15 is 0 Å². The molecule has 1 aliphatic carbocycles. The molecule has 0 bridgehead atoms. The first-order valence-corrected chi connectivity index (χ1v) is 20.6. The number of thiazole rings is 1. The van der Waals surface area contributed by atoms with E-state index in [1.54, 1.807) is 20.8 Å². The minimum atomic E-state index is -3.71. The predicted octanol–water partition coefficient (Wildman–Crippen LogP) is 3.61. The third kappa shape index (κ3) is 10.8. The van der Waals surface area contributed by atoms with Crippen LogP contribution >= 0.6 is 11.3 Å². The number of nitrogens with one attached hydrogen (secondary N) is 3. The summed E-state index contributed by atoms with van der Waals surface area (Å²) in [4.78, 5) is 65.2. The first kappa shape index (κ1) is 40.9. The second kappa shape index (κ2) is 17.2. The molecule has 4 aromatic rings. The molecule has 0 spiro atoms. The number of hydrogen-bond donors (Lipinski definition) is 3. The summed E-state index contributed by atoms with van der Waals surface area (Å²) in [5, 5.41) is 21.9. The summed E-state index contributed by atoms with van der Waals surface area (Å²) in [5.74, 6) is -2.04. The van der Waals surface area contributed by atoms with Crippen LogP contribution in [0.15, 0.2) is 77.4 Å². The lowest BCUT2D eigenvalue weighted by molar-refractivity contribution is -0.176. The molecule has 2 aliphatic rings. The van der Waals surface area contributed by atoms with Crippen molar-refractivity contribution in [3.63, 3.8) is 0 Å². The zero-order valence-electron chi connectivity index (χ0n) is 31.5. The van der Waals surface area contributed by atoms with Crippen molar-refractivity contribution < 1.29 is 46.1 Å². The third-order valence-electron chi connectivity index (χ3n) is 8.76. The topological polar surface area (TPSA) is 231 Å². The van der Waals surface area contributed by atoms with Crippen LogP contribution < -0.4 is 16.0 Å². The van der Waals surface area contributed by atoms with Crippen LogP contribution in [-0.4, -0.2) is 87.5 Å². The van der Waals surface area contributed by atoms with Gasteiger partial charge < -0.3 is 24.9 Å². The van der Waals surface area contributed by atoms with Crippen molar-refractivity contribution in [2.75, 3.05) is 11.6 Å². The van der Waals surface area contributed by atoms with Crippen molar-refractivity contribution in [1.82, 2.24) is 30.6 Å². The van der Waals surface area contributed by atoms with Gasteiger partial charge in [-0.05, 0) is 44.7 Å². The second-order valence-electron chi connectivity index (χ2n) is 14.4. The Kier molecular flexibility index (Phi) is 12.3. The van der Waals surface area contributed by atoms with Crippen LogP contribution in [0.3, 0.4) is 0 Å². The highest BCUT2D eigenvalue weighted by molar-refractivity contribution is 7.85. The molecule has 1 saturated heterocycles. The molecule has 1 saturated carbocycles. The molecule has 20 heteroatoms. The van der Waals surface area contributed by atoms with Gasteiger partial charge in [-0.1, -0.05) is 65.8 Å². The molecule has 2 aromatic carbocycles. The van der Waals surface area contributed by atoms with E-state index in [1.165, 1.54) is 16.4 Å².